The van der Waals surface area contributed by atoms with Crippen molar-refractivity contribution in [3.05, 3.63) is 83.4 Å². The number of amides is 1. The Labute approximate surface area is 217 Å². The van der Waals surface area contributed by atoms with Crippen LogP contribution in [0.15, 0.2) is 66.7 Å². The van der Waals surface area contributed by atoms with Crippen LogP contribution in [0.5, 0.6) is 11.5 Å². The number of methoxy groups -OCH3 is 2. The molecule has 194 valence electrons. The molecule has 0 aromatic heterocycles. The minimum Gasteiger partial charge on any atom is -0.497 e. The Kier molecular flexibility index (Phi) is 7.71. The number of ether oxygens (including phenoxy) is 4. The molecular formula is C30H33NO6. The van der Waals surface area contributed by atoms with Crippen LogP contribution in [0.25, 0.3) is 11.1 Å². The number of hydrogen-bond donors (Lipinski definition) is 1. The zero-order valence-electron chi connectivity index (χ0n) is 21.9. The van der Waals surface area contributed by atoms with Crippen molar-refractivity contribution in [1.82, 2.24) is 5.32 Å². The second kappa shape index (κ2) is 10.9. The van der Waals surface area contributed by atoms with Gasteiger partial charge in [-0.3, -0.25) is 0 Å². The third kappa shape index (κ3) is 6.23. The third-order valence-corrected chi connectivity index (χ3v) is 6.18. The lowest BCUT2D eigenvalue weighted by molar-refractivity contribution is -0.157. The molecule has 0 saturated heterocycles. The number of carbonyl (C=O) groups excluding carboxylic acids is 2. The summed E-state index contributed by atoms with van der Waals surface area (Å²) in [6.07, 6.45) is -0.514. The minimum absolute atomic E-state index is 0.0826. The van der Waals surface area contributed by atoms with Gasteiger partial charge in [0.15, 0.2) is 0 Å². The molecule has 4 rings (SSSR count). The van der Waals surface area contributed by atoms with Gasteiger partial charge in [-0.15, -0.1) is 0 Å². The van der Waals surface area contributed by atoms with E-state index in [-0.39, 0.29) is 18.9 Å². The Morgan fingerprint density at radius 1 is 0.865 bits per heavy atom. The smallest absolute Gasteiger partial charge is 0.407 e. The van der Waals surface area contributed by atoms with Gasteiger partial charge in [0.2, 0.25) is 0 Å². The van der Waals surface area contributed by atoms with Gasteiger partial charge in [-0.2, -0.15) is 0 Å². The number of esters is 1. The van der Waals surface area contributed by atoms with Crippen molar-refractivity contribution in [1.29, 1.82) is 0 Å². The molecule has 0 heterocycles. The van der Waals surface area contributed by atoms with Crippen LogP contribution in [0.3, 0.4) is 0 Å². The van der Waals surface area contributed by atoms with E-state index in [0.717, 1.165) is 27.8 Å². The zero-order chi connectivity index (χ0) is 26.6. The summed E-state index contributed by atoms with van der Waals surface area (Å²) in [6.45, 7) is 5.49. The molecule has 0 aliphatic heterocycles. The predicted octanol–water partition coefficient (Wildman–Crippen LogP) is 5.50. The van der Waals surface area contributed by atoms with Crippen molar-refractivity contribution in [3.63, 3.8) is 0 Å². The highest BCUT2D eigenvalue weighted by molar-refractivity contribution is 5.82. The molecular weight excluding hydrogens is 470 g/mol. The normalized spacial score (nSPS) is 13.2. The quantitative estimate of drug-likeness (QED) is 0.409. The number of benzene rings is 3. The average Bonchev–Trinajstić information content (AvgIpc) is 3.19. The van der Waals surface area contributed by atoms with Crippen molar-refractivity contribution >= 4 is 12.1 Å². The molecule has 0 unspecified atom stereocenters. The Bertz CT molecular complexity index is 1210. The SMILES string of the molecule is COc1cc(C[C@H](NC(=O)OCC2c3ccccc3-c3ccccc32)C(=O)OC(C)(C)C)cc(OC)c1. The van der Waals surface area contributed by atoms with Gasteiger partial charge in [0, 0.05) is 18.4 Å². The Morgan fingerprint density at radius 3 is 1.92 bits per heavy atom. The summed E-state index contributed by atoms with van der Waals surface area (Å²) in [4.78, 5) is 26.0. The number of carbonyl (C=O) groups is 2. The highest BCUT2D eigenvalue weighted by Crippen LogP contribution is 2.44. The number of alkyl carbamates (subject to hydrolysis) is 1. The number of fused-ring (bicyclic) bond motifs is 3. The molecule has 3 aromatic rings. The van der Waals surface area contributed by atoms with Crippen molar-refractivity contribution in [2.45, 2.75) is 44.8 Å². The van der Waals surface area contributed by atoms with Crippen molar-refractivity contribution in [3.8, 4) is 22.6 Å². The second-order valence-electron chi connectivity index (χ2n) is 9.98. The summed E-state index contributed by atoms with van der Waals surface area (Å²) in [5.74, 6) is 0.528. The number of nitrogens with one attached hydrogen (secondary N) is 1. The van der Waals surface area contributed by atoms with Gasteiger partial charge in [-0.05, 0) is 60.7 Å². The Morgan fingerprint density at radius 2 is 1.41 bits per heavy atom. The van der Waals surface area contributed by atoms with Crippen LogP contribution in [0.4, 0.5) is 4.79 Å². The van der Waals surface area contributed by atoms with Crippen LogP contribution >= 0.6 is 0 Å². The van der Waals surface area contributed by atoms with Gasteiger partial charge >= 0.3 is 12.1 Å². The molecule has 1 amide bonds. The molecule has 3 aromatic carbocycles. The highest BCUT2D eigenvalue weighted by Gasteiger charge is 2.31. The second-order valence-corrected chi connectivity index (χ2v) is 9.98. The van der Waals surface area contributed by atoms with Crippen LogP contribution < -0.4 is 14.8 Å². The lowest BCUT2D eigenvalue weighted by Gasteiger charge is -2.25. The van der Waals surface area contributed by atoms with E-state index in [1.807, 2.05) is 24.3 Å². The van der Waals surface area contributed by atoms with Crippen molar-refractivity contribution in [2.24, 2.45) is 0 Å². The summed E-state index contributed by atoms with van der Waals surface area (Å²) in [5, 5.41) is 2.72. The van der Waals surface area contributed by atoms with E-state index >= 15 is 0 Å². The van der Waals surface area contributed by atoms with E-state index in [4.69, 9.17) is 18.9 Å². The first kappa shape index (κ1) is 26.1. The van der Waals surface area contributed by atoms with E-state index in [1.165, 1.54) is 0 Å². The molecule has 1 atom stereocenters. The molecule has 1 aliphatic rings. The molecule has 0 saturated carbocycles. The van der Waals surface area contributed by atoms with Crippen LogP contribution in [0.1, 0.15) is 43.4 Å². The summed E-state index contributed by atoms with van der Waals surface area (Å²) in [7, 11) is 3.11. The summed E-state index contributed by atoms with van der Waals surface area (Å²) in [5.41, 5.74) is 4.54. The molecule has 7 nitrogen and oxygen atoms in total. The van der Waals surface area contributed by atoms with E-state index in [2.05, 4.69) is 29.6 Å². The lowest BCUT2D eigenvalue weighted by atomic mass is 9.98. The fraction of sp³-hybridized carbons (Fsp3) is 0.333. The van der Waals surface area contributed by atoms with Crippen molar-refractivity contribution < 1.29 is 28.5 Å². The Hall–Kier alpha value is -4.00. The largest absolute Gasteiger partial charge is 0.497 e. The molecule has 0 bridgehead atoms. The van der Waals surface area contributed by atoms with Crippen LogP contribution in [0.2, 0.25) is 0 Å². The van der Waals surface area contributed by atoms with Gasteiger partial charge in [0.05, 0.1) is 14.2 Å². The molecule has 0 spiro atoms. The molecule has 1 N–H and O–H groups in total. The van der Waals surface area contributed by atoms with E-state index in [0.29, 0.717) is 11.5 Å². The van der Waals surface area contributed by atoms with E-state index in [1.54, 1.807) is 53.2 Å². The summed E-state index contributed by atoms with van der Waals surface area (Å²) < 4.78 is 21.9. The third-order valence-electron chi connectivity index (χ3n) is 6.18. The van der Waals surface area contributed by atoms with Gasteiger partial charge < -0.3 is 24.3 Å². The van der Waals surface area contributed by atoms with E-state index in [9.17, 15) is 9.59 Å². The van der Waals surface area contributed by atoms with Crippen LogP contribution in [-0.4, -0.2) is 44.5 Å². The topological polar surface area (TPSA) is 83.1 Å². The lowest BCUT2D eigenvalue weighted by Crippen LogP contribution is -2.46. The Balaban J connectivity index is 1.50. The van der Waals surface area contributed by atoms with E-state index < -0.39 is 23.7 Å². The highest BCUT2D eigenvalue weighted by atomic mass is 16.6. The van der Waals surface area contributed by atoms with Gasteiger partial charge in [-0.25, -0.2) is 9.59 Å². The first-order valence-corrected chi connectivity index (χ1v) is 12.2. The first-order valence-electron chi connectivity index (χ1n) is 12.2. The van der Waals surface area contributed by atoms with Crippen LogP contribution in [0, 0.1) is 0 Å². The molecule has 37 heavy (non-hydrogen) atoms. The average molecular weight is 504 g/mol. The van der Waals surface area contributed by atoms with Gasteiger partial charge in [0.25, 0.3) is 0 Å². The van der Waals surface area contributed by atoms with Gasteiger partial charge in [-0.1, -0.05) is 48.5 Å². The van der Waals surface area contributed by atoms with Crippen LogP contribution in [-0.2, 0) is 20.7 Å². The van der Waals surface area contributed by atoms with Crippen molar-refractivity contribution in [2.75, 3.05) is 20.8 Å². The fourth-order valence-corrected chi connectivity index (χ4v) is 4.57. The predicted molar refractivity (Wildman–Crippen MR) is 141 cm³/mol. The molecule has 0 radical (unpaired) electrons. The van der Waals surface area contributed by atoms with Gasteiger partial charge in [0.1, 0.15) is 29.7 Å². The maximum atomic E-state index is 13.0. The molecule has 1 aliphatic carbocycles. The minimum atomic E-state index is -0.966. The maximum Gasteiger partial charge on any atom is 0.407 e. The maximum absolute atomic E-state index is 13.0. The number of hydrogen-bond acceptors (Lipinski definition) is 6. The number of rotatable bonds is 8. The molecule has 0 fully saturated rings. The summed E-state index contributed by atoms with van der Waals surface area (Å²) in [6, 6.07) is 20.6. The monoisotopic (exact) mass is 503 g/mol. The standard InChI is InChI=1S/C30H33NO6/c1-30(2,3)37-28(32)27(16-19-14-20(34-4)17-21(15-19)35-5)31-29(33)36-18-26-24-12-8-6-10-22(24)23-11-7-9-13-25(23)26/h6-15,17,26-27H,16,18H2,1-5H3,(H,31,33)/t27-/m0/s1. The summed E-state index contributed by atoms with van der Waals surface area (Å²) >= 11 is 0. The fourth-order valence-electron chi connectivity index (χ4n) is 4.57. The first-order chi connectivity index (χ1) is 17.7. The molecule has 7 heteroatoms. The zero-order valence-corrected chi connectivity index (χ0v) is 21.9.